The lowest BCUT2D eigenvalue weighted by atomic mass is 10.1. The van der Waals surface area contributed by atoms with Crippen LogP contribution in [0.1, 0.15) is 19.3 Å². The van der Waals surface area contributed by atoms with Crippen molar-refractivity contribution < 1.29 is 9.59 Å². The monoisotopic (exact) mass is 191 g/mol. The highest BCUT2D eigenvalue weighted by molar-refractivity contribution is 6.01. The van der Waals surface area contributed by atoms with Crippen LogP contribution in [0.3, 0.4) is 0 Å². The van der Waals surface area contributed by atoms with Gasteiger partial charge in [0.25, 0.3) is 0 Å². The first kappa shape index (κ1) is 9.19. The van der Waals surface area contributed by atoms with Crippen LogP contribution in [0.25, 0.3) is 0 Å². The van der Waals surface area contributed by atoms with Gasteiger partial charge >= 0.3 is 0 Å². The van der Waals surface area contributed by atoms with Crippen LogP contribution in [0.4, 0.5) is 0 Å². The molecular weight excluding hydrogens is 178 g/mol. The van der Waals surface area contributed by atoms with Gasteiger partial charge in [-0.2, -0.15) is 0 Å². The number of carbonyl (C=O) groups excluding carboxylic acids is 2. The maximum Gasteiger partial charge on any atom is 0.229 e. The van der Waals surface area contributed by atoms with Gasteiger partial charge in [-0.05, 0) is 12.3 Å². The molecule has 1 heterocycles. The summed E-state index contributed by atoms with van der Waals surface area (Å²) < 4.78 is 0. The average Bonchev–Trinajstić information content (AvgIpc) is 2.76. The summed E-state index contributed by atoms with van der Waals surface area (Å²) in [6, 6.07) is 0. The Bertz CT molecular complexity index is 289. The molecule has 0 aromatic heterocycles. The summed E-state index contributed by atoms with van der Waals surface area (Å²) in [4.78, 5) is 23.9. The molecule has 0 aromatic rings. The van der Waals surface area contributed by atoms with Crippen molar-refractivity contribution in [3.8, 4) is 0 Å². The Morgan fingerprint density at radius 2 is 1.71 bits per heavy atom. The summed E-state index contributed by atoms with van der Waals surface area (Å²) >= 11 is 0. The molecule has 3 nitrogen and oxygen atoms in total. The van der Waals surface area contributed by atoms with Gasteiger partial charge in [0, 0.05) is 19.4 Å². The second kappa shape index (κ2) is 3.78. The SMILES string of the molecule is O=C1CCC(=O)N1CCC1C=CC=C1. The first-order chi connectivity index (χ1) is 6.77. The van der Waals surface area contributed by atoms with E-state index in [2.05, 4.69) is 12.2 Å². The number of hydrogen-bond donors (Lipinski definition) is 0. The molecule has 2 rings (SSSR count). The largest absolute Gasteiger partial charge is 0.283 e. The summed E-state index contributed by atoms with van der Waals surface area (Å²) in [6.07, 6.45) is 9.82. The standard InChI is InChI=1S/C11H13NO2/c13-10-5-6-11(14)12(10)8-7-9-3-1-2-4-9/h1-4,9H,5-8H2. The fourth-order valence-electron chi connectivity index (χ4n) is 1.82. The number of nitrogens with zero attached hydrogens (tertiary/aromatic N) is 1. The van der Waals surface area contributed by atoms with Crippen LogP contribution in [-0.2, 0) is 9.59 Å². The number of likely N-dealkylation sites (tertiary alicyclic amines) is 1. The van der Waals surface area contributed by atoms with Crippen molar-refractivity contribution in [2.45, 2.75) is 19.3 Å². The molecule has 2 amide bonds. The Balaban J connectivity index is 1.85. The van der Waals surface area contributed by atoms with Crippen LogP contribution >= 0.6 is 0 Å². The van der Waals surface area contributed by atoms with Gasteiger partial charge in [-0.3, -0.25) is 14.5 Å². The fraction of sp³-hybridized carbons (Fsp3) is 0.455. The average molecular weight is 191 g/mol. The highest BCUT2D eigenvalue weighted by Gasteiger charge is 2.28. The minimum atomic E-state index is -0.0130. The third-order valence-corrected chi connectivity index (χ3v) is 2.67. The summed E-state index contributed by atoms with van der Waals surface area (Å²) in [6.45, 7) is 0.566. The molecular formula is C11H13NO2. The molecule has 0 unspecified atom stereocenters. The fourth-order valence-corrected chi connectivity index (χ4v) is 1.82. The number of rotatable bonds is 3. The van der Waals surface area contributed by atoms with Crippen LogP contribution in [0.2, 0.25) is 0 Å². The van der Waals surface area contributed by atoms with Gasteiger partial charge in [-0.25, -0.2) is 0 Å². The number of hydrogen-bond acceptors (Lipinski definition) is 2. The van der Waals surface area contributed by atoms with E-state index in [4.69, 9.17) is 0 Å². The zero-order valence-electron chi connectivity index (χ0n) is 7.98. The van der Waals surface area contributed by atoms with Crippen LogP contribution in [0, 0.1) is 5.92 Å². The van der Waals surface area contributed by atoms with Gasteiger partial charge in [0.1, 0.15) is 0 Å². The Morgan fingerprint density at radius 3 is 2.29 bits per heavy atom. The van der Waals surface area contributed by atoms with Gasteiger partial charge in [0.15, 0.2) is 0 Å². The van der Waals surface area contributed by atoms with Gasteiger partial charge in [0.2, 0.25) is 11.8 Å². The molecule has 14 heavy (non-hydrogen) atoms. The highest BCUT2D eigenvalue weighted by Crippen LogP contribution is 2.17. The van der Waals surface area contributed by atoms with Gasteiger partial charge in [-0.1, -0.05) is 24.3 Å². The van der Waals surface area contributed by atoms with Crippen LogP contribution in [0.5, 0.6) is 0 Å². The molecule has 1 aliphatic heterocycles. The first-order valence-corrected chi connectivity index (χ1v) is 4.95. The van der Waals surface area contributed by atoms with E-state index in [0.29, 0.717) is 25.3 Å². The molecule has 0 N–H and O–H groups in total. The summed E-state index contributed by atoms with van der Waals surface area (Å²) in [5.41, 5.74) is 0. The molecule has 0 atom stereocenters. The van der Waals surface area contributed by atoms with E-state index >= 15 is 0 Å². The second-order valence-corrected chi connectivity index (χ2v) is 3.66. The summed E-state index contributed by atoms with van der Waals surface area (Å²) in [5.74, 6) is 0.373. The Hall–Kier alpha value is -1.38. The van der Waals surface area contributed by atoms with Crippen LogP contribution in [-0.4, -0.2) is 23.3 Å². The van der Waals surface area contributed by atoms with Gasteiger partial charge < -0.3 is 0 Å². The maximum absolute atomic E-state index is 11.3. The van der Waals surface area contributed by atoms with Crippen molar-refractivity contribution in [3.05, 3.63) is 24.3 Å². The third kappa shape index (κ3) is 1.76. The number of amides is 2. The molecule has 1 fully saturated rings. The highest BCUT2D eigenvalue weighted by atomic mass is 16.2. The van der Waals surface area contributed by atoms with Crippen molar-refractivity contribution in [1.82, 2.24) is 4.90 Å². The minimum Gasteiger partial charge on any atom is -0.283 e. The van der Waals surface area contributed by atoms with Crippen LogP contribution in [0.15, 0.2) is 24.3 Å². The topological polar surface area (TPSA) is 37.4 Å². The molecule has 2 aliphatic rings. The predicted molar refractivity (Wildman–Crippen MR) is 52.3 cm³/mol. The minimum absolute atomic E-state index is 0.0130. The first-order valence-electron chi connectivity index (χ1n) is 4.95. The van der Waals surface area contributed by atoms with E-state index in [9.17, 15) is 9.59 Å². The van der Waals surface area contributed by atoms with Crippen molar-refractivity contribution in [2.75, 3.05) is 6.54 Å². The van der Waals surface area contributed by atoms with Crippen molar-refractivity contribution in [3.63, 3.8) is 0 Å². The summed E-state index contributed by atoms with van der Waals surface area (Å²) in [7, 11) is 0. The Kier molecular flexibility index (Phi) is 2.48. The zero-order valence-corrected chi connectivity index (χ0v) is 7.98. The van der Waals surface area contributed by atoms with Crippen LogP contribution < -0.4 is 0 Å². The third-order valence-electron chi connectivity index (χ3n) is 2.67. The van der Waals surface area contributed by atoms with E-state index in [-0.39, 0.29) is 11.8 Å². The van der Waals surface area contributed by atoms with Crippen molar-refractivity contribution in [1.29, 1.82) is 0 Å². The molecule has 0 radical (unpaired) electrons. The lowest BCUT2D eigenvalue weighted by molar-refractivity contribution is -0.138. The van der Waals surface area contributed by atoms with Crippen molar-refractivity contribution in [2.24, 2.45) is 5.92 Å². The molecule has 3 heteroatoms. The van der Waals surface area contributed by atoms with E-state index in [1.165, 1.54) is 4.90 Å². The lowest BCUT2D eigenvalue weighted by Gasteiger charge is -2.14. The smallest absolute Gasteiger partial charge is 0.229 e. The Morgan fingerprint density at radius 1 is 1.14 bits per heavy atom. The van der Waals surface area contributed by atoms with E-state index in [1.54, 1.807) is 0 Å². The van der Waals surface area contributed by atoms with E-state index in [0.717, 1.165) is 6.42 Å². The molecule has 1 aliphatic carbocycles. The lowest BCUT2D eigenvalue weighted by Crippen LogP contribution is -2.30. The number of carbonyl (C=O) groups is 2. The quantitative estimate of drug-likeness (QED) is 0.630. The molecule has 0 bridgehead atoms. The predicted octanol–water partition coefficient (Wildman–Crippen LogP) is 1.27. The number of allylic oxidation sites excluding steroid dienone is 4. The van der Waals surface area contributed by atoms with E-state index in [1.807, 2.05) is 12.2 Å². The molecule has 74 valence electrons. The second-order valence-electron chi connectivity index (χ2n) is 3.66. The van der Waals surface area contributed by atoms with E-state index < -0.39 is 0 Å². The zero-order chi connectivity index (χ0) is 9.97. The van der Waals surface area contributed by atoms with Gasteiger partial charge in [0.05, 0.1) is 0 Å². The van der Waals surface area contributed by atoms with Crippen molar-refractivity contribution >= 4 is 11.8 Å². The molecule has 0 spiro atoms. The number of imide groups is 1. The molecule has 0 saturated carbocycles. The molecule has 1 saturated heterocycles. The maximum atomic E-state index is 11.3. The summed E-state index contributed by atoms with van der Waals surface area (Å²) in [5, 5.41) is 0. The molecule has 0 aromatic carbocycles. The van der Waals surface area contributed by atoms with Gasteiger partial charge in [-0.15, -0.1) is 0 Å². The normalized spacial score (nSPS) is 21.6. The Labute approximate surface area is 83.1 Å².